The van der Waals surface area contributed by atoms with Crippen LogP contribution in [-0.4, -0.2) is 30.0 Å². The second kappa shape index (κ2) is 7.78. The standard InChI is InChI=1S/C15H18F3NO4S/c1-14(2,3)23-13(21)19-9-4-5-10(12(20)22-6-7-24)11(8-9)15(16,17)18/h4-5,8,24H,6-7H2,1-3H3,(H,19,21). The van der Waals surface area contributed by atoms with E-state index in [4.69, 9.17) is 4.74 Å². The van der Waals surface area contributed by atoms with Crippen molar-refractivity contribution < 1.29 is 32.2 Å². The van der Waals surface area contributed by atoms with Gasteiger partial charge in [-0.2, -0.15) is 25.8 Å². The third kappa shape index (κ3) is 6.31. The molecule has 0 aromatic heterocycles. The van der Waals surface area contributed by atoms with Crippen LogP contribution < -0.4 is 5.32 Å². The number of benzene rings is 1. The highest BCUT2D eigenvalue weighted by atomic mass is 32.1. The second-order valence-electron chi connectivity index (χ2n) is 5.74. The van der Waals surface area contributed by atoms with Gasteiger partial charge in [0.2, 0.25) is 0 Å². The Kier molecular flexibility index (Phi) is 6.53. The molecule has 5 nitrogen and oxygen atoms in total. The van der Waals surface area contributed by atoms with E-state index in [0.717, 1.165) is 12.1 Å². The minimum atomic E-state index is -4.79. The normalized spacial score (nSPS) is 11.8. The number of hydrogen-bond acceptors (Lipinski definition) is 5. The summed E-state index contributed by atoms with van der Waals surface area (Å²) in [5, 5.41) is 2.19. The van der Waals surface area contributed by atoms with Gasteiger partial charge >= 0.3 is 18.2 Å². The van der Waals surface area contributed by atoms with Crippen LogP contribution in [0.15, 0.2) is 18.2 Å². The molecule has 0 aliphatic carbocycles. The quantitative estimate of drug-likeness (QED) is 0.622. The molecule has 0 heterocycles. The Morgan fingerprint density at radius 2 is 1.83 bits per heavy atom. The van der Waals surface area contributed by atoms with Crippen LogP contribution in [0.5, 0.6) is 0 Å². The lowest BCUT2D eigenvalue weighted by atomic mass is 10.1. The van der Waals surface area contributed by atoms with Crippen LogP contribution in [0.2, 0.25) is 0 Å². The molecule has 1 rings (SSSR count). The van der Waals surface area contributed by atoms with E-state index in [-0.39, 0.29) is 18.0 Å². The molecule has 0 aliphatic heterocycles. The number of ether oxygens (including phenoxy) is 2. The lowest BCUT2D eigenvalue weighted by molar-refractivity contribution is -0.138. The predicted molar refractivity (Wildman–Crippen MR) is 85.4 cm³/mol. The molecule has 24 heavy (non-hydrogen) atoms. The van der Waals surface area contributed by atoms with Crippen LogP contribution in [-0.2, 0) is 15.7 Å². The molecular formula is C15H18F3NO4S. The van der Waals surface area contributed by atoms with Gasteiger partial charge in [-0.05, 0) is 39.0 Å². The number of esters is 1. The van der Waals surface area contributed by atoms with Crippen molar-refractivity contribution in [2.45, 2.75) is 32.5 Å². The Morgan fingerprint density at radius 1 is 1.21 bits per heavy atom. The first-order valence-electron chi connectivity index (χ1n) is 6.93. The molecule has 134 valence electrons. The molecule has 0 atom stereocenters. The van der Waals surface area contributed by atoms with Crippen LogP contribution in [0.25, 0.3) is 0 Å². The SMILES string of the molecule is CC(C)(C)OC(=O)Nc1ccc(C(=O)OCCS)c(C(F)(F)F)c1. The maximum atomic E-state index is 13.2. The monoisotopic (exact) mass is 365 g/mol. The average Bonchev–Trinajstić information content (AvgIpc) is 2.41. The third-order valence-corrected chi connectivity index (χ3v) is 2.70. The van der Waals surface area contributed by atoms with Crippen LogP contribution in [0.3, 0.4) is 0 Å². The minimum absolute atomic E-state index is 0.114. The zero-order chi connectivity index (χ0) is 18.5. The number of halogens is 3. The number of hydrogen-bond donors (Lipinski definition) is 2. The zero-order valence-electron chi connectivity index (χ0n) is 13.4. The molecule has 9 heteroatoms. The number of nitrogens with one attached hydrogen (secondary N) is 1. The van der Waals surface area contributed by atoms with Crippen LogP contribution >= 0.6 is 12.6 Å². The van der Waals surface area contributed by atoms with Crippen LogP contribution in [0, 0.1) is 0 Å². The van der Waals surface area contributed by atoms with Gasteiger partial charge in [0, 0.05) is 11.4 Å². The second-order valence-corrected chi connectivity index (χ2v) is 6.19. The number of amides is 1. The highest BCUT2D eigenvalue weighted by Gasteiger charge is 2.36. The highest BCUT2D eigenvalue weighted by molar-refractivity contribution is 7.80. The molecule has 0 aliphatic rings. The molecule has 1 amide bonds. The topological polar surface area (TPSA) is 64.6 Å². The molecule has 1 aromatic carbocycles. The average molecular weight is 365 g/mol. The third-order valence-electron chi connectivity index (χ3n) is 2.51. The molecule has 0 bridgehead atoms. The van der Waals surface area contributed by atoms with E-state index in [2.05, 4.69) is 22.7 Å². The van der Waals surface area contributed by atoms with Crippen molar-refractivity contribution in [3.05, 3.63) is 29.3 Å². The fourth-order valence-electron chi connectivity index (χ4n) is 1.67. The molecule has 0 saturated carbocycles. The number of alkyl halides is 3. The zero-order valence-corrected chi connectivity index (χ0v) is 14.3. The molecular weight excluding hydrogens is 347 g/mol. The largest absolute Gasteiger partial charge is 0.461 e. The van der Waals surface area contributed by atoms with Gasteiger partial charge in [0.25, 0.3) is 0 Å². The number of carbonyl (C=O) groups is 2. The van der Waals surface area contributed by atoms with E-state index < -0.39 is 35.0 Å². The smallest absolute Gasteiger partial charge is 0.417 e. The first-order valence-corrected chi connectivity index (χ1v) is 7.56. The van der Waals surface area contributed by atoms with Crippen molar-refractivity contribution in [1.82, 2.24) is 0 Å². The van der Waals surface area contributed by atoms with E-state index in [1.165, 1.54) is 0 Å². The van der Waals surface area contributed by atoms with Gasteiger partial charge < -0.3 is 9.47 Å². The summed E-state index contributed by atoms with van der Waals surface area (Å²) in [6.45, 7) is 4.74. The van der Waals surface area contributed by atoms with Crippen molar-refractivity contribution >= 4 is 30.4 Å². The van der Waals surface area contributed by atoms with E-state index in [1.807, 2.05) is 0 Å². The summed E-state index contributed by atoms with van der Waals surface area (Å²) in [5.41, 5.74) is -2.80. The maximum absolute atomic E-state index is 13.2. The van der Waals surface area contributed by atoms with Gasteiger partial charge in [0.05, 0.1) is 11.1 Å². The van der Waals surface area contributed by atoms with Crippen LogP contribution in [0.4, 0.5) is 23.7 Å². The first kappa shape index (κ1) is 20.1. The van der Waals surface area contributed by atoms with E-state index in [9.17, 15) is 22.8 Å². The van der Waals surface area contributed by atoms with Gasteiger partial charge in [0.1, 0.15) is 12.2 Å². The molecule has 0 fully saturated rings. The fraction of sp³-hybridized carbons (Fsp3) is 0.467. The van der Waals surface area contributed by atoms with E-state index >= 15 is 0 Å². The molecule has 0 radical (unpaired) electrons. The first-order chi connectivity index (χ1) is 10.9. The van der Waals surface area contributed by atoms with Gasteiger partial charge in [-0.15, -0.1) is 0 Å². The van der Waals surface area contributed by atoms with Crippen molar-refractivity contribution in [3.63, 3.8) is 0 Å². The number of thiol groups is 1. The molecule has 0 saturated heterocycles. The Morgan fingerprint density at radius 3 is 2.33 bits per heavy atom. The molecule has 1 aromatic rings. The lowest BCUT2D eigenvalue weighted by Crippen LogP contribution is -2.27. The maximum Gasteiger partial charge on any atom is 0.417 e. The Hall–Kier alpha value is -1.90. The van der Waals surface area contributed by atoms with Crippen molar-refractivity contribution in [2.24, 2.45) is 0 Å². The highest BCUT2D eigenvalue weighted by Crippen LogP contribution is 2.34. The van der Waals surface area contributed by atoms with Gasteiger partial charge in [-0.1, -0.05) is 0 Å². The molecule has 0 unspecified atom stereocenters. The summed E-state index contributed by atoms with van der Waals surface area (Å²) >= 11 is 3.82. The van der Waals surface area contributed by atoms with Crippen molar-refractivity contribution in [2.75, 3.05) is 17.7 Å². The molecule has 0 spiro atoms. The van der Waals surface area contributed by atoms with Crippen molar-refractivity contribution in [1.29, 1.82) is 0 Å². The van der Waals surface area contributed by atoms with Crippen LogP contribution in [0.1, 0.15) is 36.7 Å². The van der Waals surface area contributed by atoms with Crippen molar-refractivity contribution in [3.8, 4) is 0 Å². The fourth-order valence-corrected chi connectivity index (χ4v) is 1.76. The number of anilines is 1. The minimum Gasteiger partial charge on any atom is -0.461 e. The number of rotatable bonds is 4. The summed E-state index contributed by atoms with van der Waals surface area (Å²) in [6, 6.07) is 2.76. The van der Waals surface area contributed by atoms with E-state index in [0.29, 0.717) is 6.07 Å². The van der Waals surface area contributed by atoms with E-state index in [1.54, 1.807) is 20.8 Å². The summed E-state index contributed by atoms with van der Waals surface area (Å²) in [6.07, 6.45) is -5.69. The van der Waals surface area contributed by atoms with Gasteiger partial charge in [-0.3, -0.25) is 5.32 Å². The summed E-state index contributed by atoms with van der Waals surface area (Å²) in [5.74, 6) is -0.925. The van der Waals surface area contributed by atoms with Gasteiger partial charge in [0.15, 0.2) is 0 Å². The summed E-state index contributed by atoms with van der Waals surface area (Å²) < 4.78 is 49.1. The number of carbonyl (C=O) groups excluding carboxylic acids is 2. The predicted octanol–water partition coefficient (Wildman–Crippen LogP) is 4.14. The lowest BCUT2D eigenvalue weighted by Gasteiger charge is -2.20. The van der Waals surface area contributed by atoms with Gasteiger partial charge in [-0.25, -0.2) is 9.59 Å². The molecule has 1 N–H and O–H groups in total. The Balaban J connectivity index is 3.07. The summed E-state index contributed by atoms with van der Waals surface area (Å²) in [7, 11) is 0. The summed E-state index contributed by atoms with van der Waals surface area (Å²) in [4.78, 5) is 23.4. The Bertz CT molecular complexity index is 612. The Labute approximate surface area is 142 Å².